The van der Waals surface area contributed by atoms with Crippen molar-refractivity contribution in [3.8, 4) is 11.5 Å². The van der Waals surface area contributed by atoms with Crippen molar-refractivity contribution in [2.24, 2.45) is 0 Å². The molecule has 0 amide bonds. The summed E-state index contributed by atoms with van der Waals surface area (Å²) < 4.78 is 13.4. The minimum Gasteiger partial charge on any atom is -0.490 e. The largest absolute Gasteiger partial charge is 0.490 e. The molecular formula is C35H37NO6. The van der Waals surface area contributed by atoms with Gasteiger partial charge in [-0.3, -0.25) is 9.59 Å². The lowest BCUT2D eigenvalue weighted by Gasteiger charge is -2.08. The van der Waals surface area contributed by atoms with Crippen LogP contribution in [0.15, 0.2) is 72.8 Å². The summed E-state index contributed by atoms with van der Waals surface area (Å²) >= 11 is 0. The van der Waals surface area contributed by atoms with Crippen molar-refractivity contribution in [3.63, 3.8) is 0 Å². The highest BCUT2D eigenvalue weighted by Crippen LogP contribution is 2.31. The van der Waals surface area contributed by atoms with Crippen LogP contribution in [0.4, 0.5) is 0 Å². The van der Waals surface area contributed by atoms with Crippen molar-refractivity contribution in [2.45, 2.75) is 46.6 Å². The summed E-state index contributed by atoms with van der Waals surface area (Å²) in [6.07, 6.45) is 8.98. The minimum atomic E-state index is -0.926. The zero-order chi connectivity index (χ0) is 30.1. The van der Waals surface area contributed by atoms with Gasteiger partial charge in [0, 0.05) is 17.5 Å². The van der Waals surface area contributed by atoms with Gasteiger partial charge in [0.25, 0.3) is 0 Å². The Morgan fingerprint density at radius 2 is 1.60 bits per heavy atom. The fraction of sp³-hybridized carbons (Fsp3) is 0.257. The zero-order valence-corrected chi connectivity index (χ0v) is 24.3. The third-order valence-corrected chi connectivity index (χ3v) is 7.13. The molecule has 0 aliphatic carbocycles. The average Bonchev–Trinajstić information content (AvgIpc) is 3.21. The first kappa shape index (κ1) is 30.2. The summed E-state index contributed by atoms with van der Waals surface area (Å²) in [5, 5.41) is 19.6. The second kappa shape index (κ2) is 14.2. The molecule has 0 bridgehead atoms. The lowest BCUT2D eigenvalue weighted by molar-refractivity contribution is -0.138. The van der Waals surface area contributed by atoms with Gasteiger partial charge in [-0.15, -0.1) is 0 Å². The first-order valence-corrected chi connectivity index (χ1v) is 14.0. The van der Waals surface area contributed by atoms with E-state index in [-0.39, 0.29) is 13.0 Å². The smallest absolute Gasteiger partial charge is 0.323 e. The van der Waals surface area contributed by atoms with Crippen LogP contribution in [0, 0.1) is 20.8 Å². The van der Waals surface area contributed by atoms with E-state index in [9.17, 15) is 14.7 Å². The molecule has 1 aromatic heterocycles. The van der Waals surface area contributed by atoms with Crippen LogP contribution in [-0.2, 0) is 22.6 Å². The van der Waals surface area contributed by atoms with Gasteiger partial charge in [-0.25, -0.2) is 0 Å². The second-order valence-corrected chi connectivity index (χ2v) is 10.3. The van der Waals surface area contributed by atoms with Crippen molar-refractivity contribution in [3.05, 3.63) is 106 Å². The van der Waals surface area contributed by atoms with Crippen LogP contribution in [-0.4, -0.2) is 39.9 Å². The van der Waals surface area contributed by atoms with E-state index in [0.717, 1.165) is 50.3 Å². The van der Waals surface area contributed by atoms with Crippen molar-refractivity contribution in [1.82, 2.24) is 4.57 Å². The van der Waals surface area contributed by atoms with E-state index < -0.39 is 11.9 Å². The van der Waals surface area contributed by atoms with Gasteiger partial charge in [-0.1, -0.05) is 60.2 Å². The highest BCUT2D eigenvalue weighted by Gasteiger charge is 2.18. The molecule has 7 heteroatoms. The number of para-hydroxylation sites is 1. The van der Waals surface area contributed by atoms with E-state index in [1.54, 1.807) is 0 Å². The maximum atomic E-state index is 11.7. The molecule has 0 radical (unpaired) electrons. The van der Waals surface area contributed by atoms with Gasteiger partial charge in [-0.05, 0) is 86.2 Å². The molecule has 1 heterocycles. The summed E-state index contributed by atoms with van der Waals surface area (Å²) in [5.74, 6) is -0.124. The van der Waals surface area contributed by atoms with Gasteiger partial charge in [0.15, 0.2) is 0 Å². The quantitative estimate of drug-likeness (QED) is 0.123. The third-order valence-electron chi connectivity index (χ3n) is 7.13. The van der Waals surface area contributed by atoms with Crippen LogP contribution >= 0.6 is 0 Å². The van der Waals surface area contributed by atoms with E-state index in [1.165, 1.54) is 5.56 Å². The number of carboxylic acid groups (broad SMARTS) is 2. The van der Waals surface area contributed by atoms with Gasteiger partial charge >= 0.3 is 11.9 Å². The van der Waals surface area contributed by atoms with E-state index in [4.69, 9.17) is 14.6 Å². The standard InChI is InChI=1S/C35H37NO6/c1-24-12-19-32(25(2)22-24)42-21-5-4-20-41-29-17-14-27(15-18-29)13-16-28-8-6-10-31-30(9-7-11-33(37)38)26(3)36(35(28)31)23-34(39)40/h4-6,8,10,12-19,22H,7,9,11,20-21,23H2,1-3H3,(H,37,38)(H,39,40). The molecule has 0 spiro atoms. The van der Waals surface area contributed by atoms with Crippen LogP contribution < -0.4 is 9.47 Å². The van der Waals surface area contributed by atoms with Gasteiger partial charge in [0.05, 0.1) is 5.52 Å². The molecule has 0 atom stereocenters. The van der Waals surface area contributed by atoms with E-state index in [0.29, 0.717) is 26.1 Å². The maximum Gasteiger partial charge on any atom is 0.323 e. The number of aryl methyl sites for hydroxylation is 3. The predicted octanol–water partition coefficient (Wildman–Crippen LogP) is 7.24. The fourth-order valence-corrected chi connectivity index (χ4v) is 5.07. The Hall–Kier alpha value is -4.78. The SMILES string of the molecule is Cc1ccc(OCC=CCOc2ccc(C=Cc3cccc4c(CCCC(=O)O)c(C)n(CC(=O)O)c34)cc2)c(C)c1. The maximum absolute atomic E-state index is 11.7. The molecule has 0 fully saturated rings. The number of nitrogens with zero attached hydrogens (tertiary/aromatic N) is 1. The Morgan fingerprint density at radius 3 is 2.29 bits per heavy atom. The molecule has 0 aliphatic heterocycles. The topological polar surface area (TPSA) is 98.0 Å². The Morgan fingerprint density at radius 1 is 0.857 bits per heavy atom. The Kier molecular flexibility index (Phi) is 10.2. The number of carboxylic acids is 2. The number of carbonyl (C=O) groups is 2. The Bertz CT molecular complexity index is 1610. The molecule has 0 saturated heterocycles. The van der Waals surface area contributed by atoms with Crippen molar-refractivity contribution >= 4 is 35.0 Å². The Balaban J connectivity index is 1.40. The normalized spacial score (nSPS) is 11.5. The number of aromatic nitrogens is 1. The van der Waals surface area contributed by atoms with Gasteiger partial charge in [0.2, 0.25) is 0 Å². The van der Waals surface area contributed by atoms with Crippen molar-refractivity contribution in [2.75, 3.05) is 13.2 Å². The Labute approximate surface area is 246 Å². The summed E-state index contributed by atoms with van der Waals surface area (Å²) in [5.41, 5.74) is 6.89. The van der Waals surface area contributed by atoms with E-state index >= 15 is 0 Å². The lowest BCUT2D eigenvalue weighted by Crippen LogP contribution is -2.10. The van der Waals surface area contributed by atoms with Crippen molar-refractivity contribution in [1.29, 1.82) is 0 Å². The summed E-state index contributed by atoms with van der Waals surface area (Å²) in [4.78, 5) is 22.7. The van der Waals surface area contributed by atoms with E-state index in [1.807, 2.05) is 97.3 Å². The molecular weight excluding hydrogens is 530 g/mol. The molecule has 4 rings (SSSR count). The van der Waals surface area contributed by atoms with Gasteiger partial charge in [0.1, 0.15) is 31.3 Å². The molecule has 42 heavy (non-hydrogen) atoms. The predicted molar refractivity (Wildman–Crippen MR) is 166 cm³/mol. The fourth-order valence-electron chi connectivity index (χ4n) is 5.07. The molecule has 3 aromatic carbocycles. The summed E-state index contributed by atoms with van der Waals surface area (Å²) in [6.45, 7) is 6.75. The van der Waals surface area contributed by atoms with Crippen LogP contribution in [0.5, 0.6) is 11.5 Å². The number of rotatable bonds is 14. The number of benzene rings is 3. The second-order valence-electron chi connectivity index (χ2n) is 10.3. The monoisotopic (exact) mass is 567 g/mol. The molecule has 0 aliphatic rings. The number of ether oxygens (including phenoxy) is 2. The molecule has 0 saturated carbocycles. The summed E-state index contributed by atoms with van der Waals surface area (Å²) in [6, 6.07) is 19.8. The highest BCUT2D eigenvalue weighted by molar-refractivity contribution is 5.95. The first-order valence-electron chi connectivity index (χ1n) is 14.0. The molecule has 2 N–H and O–H groups in total. The molecule has 218 valence electrons. The zero-order valence-electron chi connectivity index (χ0n) is 24.3. The van der Waals surface area contributed by atoms with Crippen LogP contribution in [0.1, 0.15) is 46.4 Å². The summed E-state index contributed by atoms with van der Waals surface area (Å²) in [7, 11) is 0. The third kappa shape index (κ3) is 7.91. The van der Waals surface area contributed by atoms with Crippen LogP contribution in [0.2, 0.25) is 0 Å². The molecule has 7 nitrogen and oxygen atoms in total. The number of hydrogen-bond acceptors (Lipinski definition) is 4. The minimum absolute atomic E-state index is 0.0722. The molecule has 0 unspecified atom stereocenters. The highest BCUT2D eigenvalue weighted by atomic mass is 16.5. The lowest BCUT2D eigenvalue weighted by atomic mass is 10.0. The van der Waals surface area contributed by atoms with Crippen LogP contribution in [0.3, 0.4) is 0 Å². The van der Waals surface area contributed by atoms with Crippen molar-refractivity contribution < 1.29 is 29.3 Å². The van der Waals surface area contributed by atoms with E-state index in [2.05, 4.69) is 13.0 Å². The number of aliphatic carboxylic acids is 2. The molecule has 4 aromatic rings. The number of fused-ring (bicyclic) bond motifs is 1. The number of hydrogen-bond donors (Lipinski definition) is 2. The van der Waals surface area contributed by atoms with Gasteiger partial charge in [-0.2, -0.15) is 0 Å². The first-order chi connectivity index (χ1) is 20.2. The van der Waals surface area contributed by atoms with Gasteiger partial charge < -0.3 is 24.3 Å². The van der Waals surface area contributed by atoms with Crippen LogP contribution in [0.25, 0.3) is 23.1 Å². The average molecular weight is 568 g/mol.